The van der Waals surface area contributed by atoms with Gasteiger partial charge in [-0.2, -0.15) is 16.4 Å². The van der Waals surface area contributed by atoms with Crippen molar-refractivity contribution < 1.29 is 5.11 Å². The lowest BCUT2D eigenvalue weighted by Crippen LogP contribution is -2.35. The first-order valence-corrected chi connectivity index (χ1v) is 7.59. The molecule has 3 aromatic heterocycles. The Hall–Kier alpha value is -1.99. The molecule has 1 atom stereocenters. The molecule has 0 aliphatic rings. The molecule has 0 aromatic carbocycles. The molecule has 21 heavy (non-hydrogen) atoms. The van der Waals surface area contributed by atoms with E-state index in [1.165, 1.54) is 6.33 Å². The van der Waals surface area contributed by atoms with Crippen LogP contribution in [0.2, 0.25) is 0 Å². The second kappa shape index (κ2) is 5.42. The summed E-state index contributed by atoms with van der Waals surface area (Å²) >= 11 is 1.64. The number of rotatable bonds is 5. The largest absolute Gasteiger partial charge is 0.388 e. The number of aliphatic hydroxyl groups is 1. The molecule has 3 heterocycles. The summed E-state index contributed by atoms with van der Waals surface area (Å²) in [5, 5.41) is 22.8. The molecule has 0 spiro atoms. The summed E-state index contributed by atoms with van der Waals surface area (Å²) in [6, 6.07) is 2.03. The van der Waals surface area contributed by atoms with Crippen molar-refractivity contribution in [2.24, 2.45) is 7.05 Å². The third-order valence-electron chi connectivity index (χ3n) is 3.33. The zero-order valence-electron chi connectivity index (χ0n) is 11.9. The van der Waals surface area contributed by atoms with Crippen molar-refractivity contribution in [3.8, 4) is 0 Å². The van der Waals surface area contributed by atoms with Crippen LogP contribution in [0.4, 0.5) is 5.82 Å². The molecular formula is C14H17N5OS. The highest BCUT2D eigenvalue weighted by molar-refractivity contribution is 7.07. The minimum absolute atomic E-state index is 0.407. The summed E-state index contributed by atoms with van der Waals surface area (Å²) in [7, 11) is 1.84. The third kappa shape index (κ3) is 3.03. The molecule has 0 fully saturated rings. The van der Waals surface area contributed by atoms with Crippen LogP contribution in [0, 0.1) is 0 Å². The molecule has 0 amide bonds. The van der Waals surface area contributed by atoms with Gasteiger partial charge in [-0.25, -0.2) is 9.97 Å². The van der Waals surface area contributed by atoms with E-state index >= 15 is 0 Å². The van der Waals surface area contributed by atoms with Gasteiger partial charge in [0.05, 0.1) is 17.2 Å². The van der Waals surface area contributed by atoms with E-state index < -0.39 is 5.60 Å². The van der Waals surface area contributed by atoms with Crippen LogP contribution in [-0.4, -0.2) is 37.0 Å². The fraction of sp³-hybridized carbons (Fsp3) is 0.357. The van der Waals surface area contributed by atoms with Crippen molar-refractivity contribution in [2.75, 3.05) is 11.9 Å². The molecule has 0 saturated heterocycles. The summed E-state index contributed by atoms with van der Waals surface area (Å²) in [6.45, 7) is 2.23. The fourth-order valence-corrected chi connectivity index (χ4v) is 2.94. The van der Waals surface area contributed by atoms with Crippen molar-refractivity contribution in [2.45, 2.75) is 18.9 Å². The monoisotopic (exact) mass is 303 g/mol. The molecule has 3 rings (SSSR count). The lowest BCUT2D eigenvalue weighted by molar-refractivity contribution is 0.0742. The van der Waals surface area contributed by atoms with Gasteiger partial charge >= 0.3 is 0 Å². The topological polar surface area (TPSA) is 75.9 Å². The number of aryl methyl sites for hydroxylation is 1. The Kier molecular flexibility index (Phi) is 3.60. The van der Waals surface area contributed by atoms with Gasteiger partial charge in [-0.3, -0.25) is 4.68 Å². The number of thiophene rings is 1. The maximum atomic E-state index is 10.5. The van der Waals surface area contributed by atoms with Gasteiger partial charge in [0.25, 0.3) is 0 Å². The van der Waals surface area contributed by atoms with Crippen LogP contribution in [0.15, 0.2) is 29.4 Å². The molecule has 7 heteroatoms. The summed E-state index contributed by atoms with van der Waals surface area (Å²) in [5.74, 6) is 0.693. The van der Waals surface area contributed by atoms with Crippen LogP contribution < -0.4 is 5.32 Å². The molecule has 1 unspecified atom stereocenters. The second-order valence-electron chi connectivity index (χ2n) is 5.39. The van der Waals surface area contributed by atoms with E-state index in [1.54, 1.807) is 22.2 Å². The Balaban J connectivity index is 1.74. The summed E-state index contributed by atoms with van der Waals surface area (Å²) in [6.07, 6.45) is 3.83. The lowest BCUT2D eigenvalue weighted by atomic mass is 9.98. The molecule has 3 aromatic rings. The van der Waals surface area contributed by atoms with Gasteiger partial charge in [-0.15, -0.1) is 0 Å². The first-order chi connectivity index (χ1) is 10.1. The van der Waals surface area contributed by atoms with Crippen LogP contribution in [0.25, 0.3) is 11.0 Å². The smallest absolute Gasteiger partial charge is 0.163 e. The Morgan fingerprint density at radius 2 is 2.29 bits per heavy atom. The highest BCUT2D eigenvalue weighted by atomic mass is 32.1. The van der Waals surface area contributed by atoms with E-state index in [2.05, 4.69) is 25.8 Å². The zero-order chi connectivity index (χ0) is 14.9. The number of hydrogen-bond acceptors (Lipinski definition) is 6. The van der Waals surface area contributed by atoms with Crippen molar-refractivity contribution in [1.29, 1.82) is 0 Å². The van der Waals surface area contributed by atoms with Crippen LogP contribution in [0.3, 0.4) is 0 Å². The zero-order valence-corrected chi connectivity index (χ0v) is 12.8. The Morgan fingerprint density at radius 1 is 1.43 bits per heavy atom. The van der Waals surface area contributed by atoms with Crippen LogP contribution in [0.1, 0.15) is 12.5 Å². The molecule has 0 radical (unpaired) electrons. The van der Waals surface area contributed by atoms with E-state index in [-0.39, 0.29) is 0 Å². The highest BCUT2D eigenvalue weighted by Crippen LogP contribution is 2.20. The quantitative estimate of drug-likeness (QED) is 0.752. The van der Waals surface area contributed by atoms with E-state index in [0.717, 1.165) is 16.6 Å². The molecule has 110 valence electrons. The van der Waals surface area contributed by atoms with Crippen LogP contribution in [-0.2, 0) is 13.5 Å². The Labute approximate surface area is 126 Å². The molecule has 0 saturated carbocycles. The molecular weight excluding hydrogens is 286 g/mol. The predicted molar refractivity (Wildman–Crippen MR) is 83.4 cm³/mol. The third-order valence-corrected chi connectivity index (χ3v) is 4.06. The fourth-order valence-electron chi connectivity index (χ4n) is 2.27. The lowest BCUT2D eigenvalue weighted by Gasteiger charge is -2.23. The number of anilines is 1. The highest BCUT2D eigenvalue weighted by Gasteiger charge is 2.22. The van der Waals surface area contributed by atoms with E-state index in [1.807, 2.05) is 25.4 Å². The van der Waals surface area contributed by atoms with E-state index in [4.69, 9.17) is 0 Å². The predicted octanol–water partition coefficient (Wildman–Crippen LogP) is 1.83. The minimum atomic E-state index is -0.847. The molecule has 2 N–H and O–H groups in total. The SMILES string of the molecule is Cn1ncc2c(NCC(C)(O)Cc3ccsc3)ncnc21. The van der Waals surface area contributed by atoms with E-state index in [0.29, 0.717) is 18.8 Å². The van der Waals surface area contributed by atoms with Gasteiger partial charge in [-0.05, 0) is 29.3 Å². The van der Waals surface area contributed by atoms with Crippen molar-refractivity contribution in [1.82, 2.24) is 19.7 Å². The summed E-state index contributed by atoms with van der Waals surface area (Å²) in [4.78, 5) is 8.43. The minimum Gasteiger partial charge on any atom is -0.388 e. The summed E-state index contributed by atoms with van der Waals surface area (Å²) in [5.41, 5.74) is 1.06. The normalized spacial score (nSPS) is 14.2. The molecule has 0 bridgehead atoms. The van der Waals surface area contributed by atoms with Crippen molar-refractivity contribution in [3.63, 3.8) is 0 Å². The number of nitrogens with zero attached hydrogens (tertiary/aromatic N) is 4. The first-order valence-electron chi connectivity index (χ1n) is 6.65. The Bertz CT molecular complexity index is 735. The molecule has 0 aliphatic carbocycles. The first kappa shape index (κ1) is 14.0. The van der Waals surface area contributed by atoms with Gasteiger partial charge < -0.3 is 10.4 Å². The number of fused-ring (bicyclic) bond motifs is 1. The number of nitrogens with one attached hydrogen (secondary N) is 1. The van der Waals surface area contributed by atoms with Crippen molar-refractivity contribution >= 4 is 28.2 Å². The Morgan fingerprint density at radius 3 is 3.05 bits per heavy atom. The van der Waals surface area contributed by atoms with Crippen LogP contribution >= 0.6 is 11.3 Å². The van der Waals surface area contributed by atoms with Crippen LogP contribution in [0.5, 0.6) is 0 Å². The van der Waals surface area contributed by atoms with Gasteiger partial charge in [0.15, 0.2) is 5.65 Å². The van der Waals surface area contributed by atoms with Gasteiger partial charge in [0.2, 0.25) is 0 Å². The average Bonchev–Trinajstić information content (AvgIpc) is 3.07. The van der Waals surface area contributed by atoms with Gasteiger partial charge in [0, 0.05) is 20.0 Å². The maximum Gasteiger partial charge on any atom is 0.163 e. The van der Waals surface area contributed by atoms with Crippen molar-refractivity contribution in [3.05, 3.63) is 34.9 Å². The molecule has 6 nitrogen and oxygen atoms in total. The molecule has 0 aliphatic heterocycles. The maximum absolute atomic E-state index is 10.5. The second-order valence-corrected chi connectivity index (χ2v) is 6.17. The van der Waals surface area contributed by atoms with Gasteiger partial charge in [0.1, 0.15) is 12.1 Å². The summed E-state index contributed by atoms with van der Waals surface area (Å²) < 4.78 is 1.70. The number of hydrogen-bond donors (Lipinski definition) is 2. The number of aromatic nitrogens is 4. The van der Waals surface area contributed by atoms with Gasteiger partial charge in [-0.1, -0.05) is 0 Å². The van der Waals surface area contributed by atoms with E-state index in [9.17, 15) is 5.11 Å². The standard InChI is InChI=1S/C14H17N5OS/c1-14(20,5-10-3-4-21-7-10)8-15-12-11-6-18-19(2)13(11)17-9-16-12/h3-4,6-7,9,20H,5,8H2,1-2H3,(H,15,16,17). The average molecular weight is 303 g/mol.